The van der Waals surface area contributed by atoms with Crippen molar-refractivity contribution in [1.82, 2.24) is 5.32 Å². The Morgan fingerprint density at radius 2 is 2.22 bits per heavy atom. The molecule has 2 fully saturated rings. The highest BCUT2D eigenvalue weighted by molar-refractivity contribution is 6.01. The molecule has 3 atom stereocenters. The molecule has 3 heteroatoms. The molecule has 18 heavy (non-hydrogen) atoms. The number of carbonyl (C=O) groups excluding carboxylic acids is 1. The van der Waals surface area contributed by atoms with Crippen LogP contribution in [0.3, 0.4) is 0 Å². The van der Waals surface area contributed by atoms with Crippen molar-refractivity contribution in [3.05, 3.63) is 29.8 Å². The Balaban J connectivity index is 1.84. The van der Waals surface area contributed by atoms with Crippen LogP contribution in [0.1, 0.15) is 36.5 Å². The van der Waals surface area contributed by atoms with Crippen LogP contribution in [0.2, 0.25) is 0 Å². The first-order valence-electron chi connectivity index (χ1n) is 6.81. The fourth-order valence-electron chi connectivity index (χ4n) is 3.27. The number of ether oxygens (including phenoxy) is 1. The van der Waals surface area contributed by atoms with Crippen molar-refractivity contribution in [3.8, 4) is 5.75 Å². The van der Waals surface area contributed by atoms with Gasteiger partial charge in [-0.05, 0) is 38.3 Å². The van der Waals surface area contributed by atoms with E-state index < -0.39 is 0 Å². The van der Waals surface area contributed by atoms with Gasteiger partial charge in [-0.1, -0.05) is 12.1 Å². The summed E-state index contributed by atoms with van der Waals surface area (Å²) in [4.78, 5) is 12.6. The maximum Gasteiger partial charge on any atom is 0.171 e. The van der Waals surface area contributed by atoms with E-state index in [1.54, 1.807) is 0 Å². The number of hydrogen-bond donors (Lipinski definition) is 1. The number of carbonyl (C=O) groups is 1. The second kappa shape index (κ2) is 4.73. The number of rotatable bonds is 4. The number of fused-ring (bicyclic) bond motifs is 2. The molecule has 0 radical (unpaired) electrons. The van der Waals surface area contributed by atoms with E-state index in [1.807, 2.05) is 31.2 Å². The van der Waals surface area contributed by atoms with Crippen molar-refractivity contribution in [3.63, 3.8) is 0 Å². The maximum absolute atomic E-state index is 12.6. The largest absolute Gasteiger partial charge is 0.493 e. The molecule has 96 valence electrons. The molecule has 2 aliphatic rings. The molecule has 0 saturated carbocycles. The van der Waals surface area contributed by atoms with E-state index in [0.29, 0.717) is 18.7 Å². The van der Waals surface area contributed by atoms with Crippen molar-refractivity contribution in [1.29, 1.82) is 0 Å². The molecule has 0 aromatic heterocycles. The first-order valence-corrected chi connectivity index (χ1v) is 6.81. The zero-order valence-corrected chi connectivity index (χ0v) is 10.7. The molecule has 3 rings (SSSR count). The van der Waals surface area contributed by atoms with Gasteiger partial charge in [-0.25, -0.2) is 0 Å². The van der Waals surface area contributed by atoms with Crippen LogP contribution in [0.15, 0.2) is 24.3 Å². The predicted molar refractivity (Wildman–Crippen MR) is 70.0 cm³/mol. The molecule has 0 aliphatic carbocycles. The molecule has 3 unspecified atom stereocenters. The lowest BCUT2D eigenvalue weighted by atomic mass is 9.83. The van der Waals surface area contributed by atoms with E-state index in [9.17, 15) is 4.79 Å². The van der Waals surface area contributed by atoms with Gasteiger partial charge in [0.15, 0.2) is 5.78 Å². The lowest BCUT2D eigenvalue weighted by Crippen LogP contribution is -2.29. The number of ketones is 1. The smallest absolute Gasteiger partial charge is 0.171 e. The molecule has 1 N–H and O–H groups in total. The number of Topliss-reactive ketones (excluding diaryl/α,β-unsaturated/α-hetero) is 1. The fourth-order valence-corrected chi connectivity index (χ4v) is 3.27. The van der Waals surface area contributed by atoms with Crippen molar-refractivity contribution < 1.29 is 9.53 Å². The third-order valence-electron chi connectivity index (χ3n) is 4.09. The molecular formula is C15H19NO2. The van der Waals surface area contributed by atoms with Crippen LogP contribution in [-0.2, 0) is 0 Å². The van der Waals surface area contributed by atoms with Crippen LogP contribution in [0.25, 0.3) is 0 Å². The van der Waals surface area contributed by atoms with Crippen LogP contribution in [0.4, 0.5) is 0 Å². The monoisotopic (exact) mass is 245 g/mol. The molecule has 0 spiro atoms. The number of para-hydroxylation sites is 1. The highest BCUT2D eigenvalue weighted by atomic mass is 16.5. The molecule has 1 aromatic carbocycles. The number of hydrogen-bond acceptors (Lipinski definition) is 3. The van der Waals surface area contributed by atoms with E-state index in [2.05, 4.69) is 5.32 Å². The Labute approximate surface area is 108 Å². The normalized spacial score (nSPS) is 29.5. The molecule has 0 amide bonds. The van der Waals surface area contributed by atoms with Crippen molar-refractivity contribution in [2.75, 3.05) is 6.61 Å². The summed E-state index contributed by atoms with van der Waals surface area (Å²) in [5, 5.41) is 3.52. The quantitative estimate of drug-likeness (QED) is 0.828. The SMILES string of the molecule is CCOc1ccccc1C(=O)C1CC2CCC1N2. The summed E-state index contributed by atoms with van der Waals surface area (Å²) in [5.74, 6) is 1.12. The Kier molecular flexibility index (Phi) is 3.08. The van der Waals surface area contributed by atoms with E-state index in [1.165, 1.54) is 6.42 Å². The number of benzene rings is 1. The van der Waals surface area contributed by atoms with E-state index in [-0.39, 0.29) is 11.7 Å². The van der Waals surface area contributed by atoms with E-state index >= 15 is 0 Å². The summed E-state index contributed by atoms with van der Waals surface area (Å²) in [6.07, 6.45) is 3.35. The van der Waals surface area contributed by atoms with Crippen LogP contribution in [0, 0.1) is 5.92 Å². The maximum atomic E-state index is 12.6. The minimum absolute atomic E-state index is 0.144. The van der Waals surface area contributed by atoms with Gasteiger partial charge in [0.05, 0.1) is 12.2 Å². The van der Waals surface area contributed by atoms with Gasteiger partial charge in [-0.15, -0.1) is 0 Å². The van der Waals surface area contributed by atoms with Gasteiger partial charge in [0.1, 0.15) is 5.75 Å². The average molecular weight is 245 g/mol. The van der Waals surface area contributed by atoms with Crippen LogP contribution < -0.4 is 10.1 Å². The molecule has 3 nitrogen and oxygen atoms in total. The van der Waals surface area contributed by atoms with Gasteiger partial charge in [-0.3, -0.25) is 4.79 Å². The highest BCUT2D eigenvalue weighted by Crippen LogP contribution is 2.36. The zero-order valence-electron chi connectivity index (χ0n) is 10.7. The predicted octanol–water partition coefficient (Wildman–Crippen LogP) is 2.41. The highest BCUT2D eigenvalue weighted by Gasteiger charge is 2.43. The standard InChI is InChI=1S/C15H19NO2/c1-2-18-14-6-4-3-5-11(14)15(17)12-9-10-7-8-13(12)16-10/h3-6,10,12-13,16H,2,7-9H2,1H3. The second-order valence-corrected chi connectivity index (χ2v) is 5.18. The zero-order chi connectivity index (χ0) is 12.5. The van der Waals surface area contributed by atoms with Gasteiger partial charge >= 0.3 is 0 Å². The van der Waals surface area contributed by atoms with Gasteiger partial charge in [0.25, 0.3) is 0 Å². The molecule has 1 aromatic rings. The summed E-state index contributed by atoms with van der Waals surface area (Å²) in [6.45, 7) is 2.54. The molecule has 2 saturated heterocycles. The summed E-state index contributed by atoms with van der Waals surface area (Å²) in [7, 11) is 0. The third-order valence-corrected chi connectivity index (χ3v) is 4.09. The molecule has 2 aliphatic heterocycles. The van der Waals surface area contributed by atoms with Crippen LogP contribution in [0.5, 0.6) is 5.75 Å². The summed E-state index contributed by atoms with van der Waals surface area (Å²) < 4.78 is 5.56. The van der Waals surface area contributed by atoms with Crippen LogP contribution in [-0.4, -0.2) is 24.5 Å². The fraction of sp³-hybridized carbons (Fsp3) is 0.533. The third kappa shape index (κ3) is 1.93. The Bertz CT molecular complexity index is 458. The van der Waals surface area contributed by atoms with Gasteiger partial charge in [-0.2, -0.15) is 0 Å². The first kappa shape index (κ1) is 11.7. The van der Waals surface area contributed by atoms with Gasteiger partial charge in [0.2, 0.25) is 0 Å². The van der Waals surface area contributed by atoms with Crippen molar-refractivity contribution >= 4 is 5.78 Å². The molecular weight excluding hydrogens is 226 g/mol. The molecule has 2 bridgehead atoms. The Hall–Kier alpha value is -1.35. The van der Waals surface area contributed by atoms with Crippen molar-refractivity contribution in [2.24, 2.45) is 5.92 Å². The number of nitrogens with one attached hydrogen (secondary N) is 1. The van der Waals surface area contributed by atoms with E-state index in [4.69, 9.17) is 4.74 Å². The topological polar surface area (TPSA) is 38.3 Å². The summed E-state index contributed by atoms with van der Waals surface area (Å²) in [6, 6.07) is 8.55. The second-order valence-electron chi connectivity index (χ2n) is 5.18. The van der Waals surface area contributed by atoms with Gasteiger partial charge in [0, 0.05) is 18.0 Å². The van der Waals surface area contributed by atoms with Crippen LogP contribution >= 0.6 is 0 Å². The lowest BCUT2D eigenvalue weighted by molar-refractivity contribution is 0.0897. The Morgan fingerprint density at radius 1 is 1.39 bits per heavy atom. The average Bonchev–Trinajstić information content (AvgIpc) is 3.01. The van der Waals surface area contributed by atoms with Crippen molar-refractivity contribution in [2.45, 2.75) is 38.3 Å². The molecule has 2 heterocycles. The Morgan fingerprint density at radius 3 is 2.89 bits per heavy atom. The summed E-state index contributed by atoms with van der Waals surface area (Å²) >= 11 is 0. The van der Waals surface area contributed by atoms with E-state index in [0.717, 1.165) is 24.2 Å². The lowest BCUT2D eigenvalue weighted by Gasteiger charge is -2.20. The van der Waals surface area contributed by atoms with Gasteiger partial charge < -0.3 is 10.1 Å². The first-order chi connectivity index (χ1) is 8.79. The minimum Gasteiger partial charge on any atom is -0.493 e. The summed E-state index contributed by atoms with van der Waals surface area (Å²) in [5.41, 5.74) is 0.749. The minimum atomic E-state index is 0.144.